The average molecular weight is 380 g/mol. The second-order valence-electron chi connectivity index (χ2n) is 5.05. The molecule has 2 aromatic carbocycles. The van der Waals surface area contributed by atoms with Crippen LogP contribution in [0.1, 0.15) is 17.2 Å². The summed E-state index contributed by atoms with van der Waals surface area (Å²) >= 11 is 0. The summed E-state index contributed by atoms with van der Waals surface area (Å²) in [5.74, 6) is -2.82. The van der Waals surface area contributed by atoms with Gasteiger partial charge in [-0.25, -0.2) is 4.79 Å². The first kappa shape index (κ1) is 19.6. The van der Waals surface area contributed by atoms with E-state index in [2.05, 4.69) is 4.74 Å². The van der Waals surface area contributed by atoms with Gasteiger partial charge < -0.3 is 14.9 Å². The molecule has 1 atom stereocenters. The maximum absolute atomic E-state index is 13.2. The van der Waals surface area contributed by atoms with Crippen molar-refractivity contribution in [2.45, 2.75) is 18.6 Å². The van der Waals surface area contributed by atoms with Gasteiger partial charge >= 0.3 is 18.5 Å². The number of para-hydroxylation sites is 1. The number of benzene rings is 2. The average Bonchev–Trinajstić information content (AvgIpc) is 2.51. The zero-order valence-corrected chi connectivity index (χ0v) is 12.6. The summed E-state index contributed by atoms with van der Waals surface area (Å²) in [6, 6.07) is 6.66. The van der Waals surface area contributed by atoms with Crippen LogP contribution in [0.25, 0.3) is 11.1 Å². The van der Waals surface area contributed by atoms with Crippen molar-refractivity contribution in [3.63, 3.8) is 0 Å². The Labute approximate surface area is 142 Å². The number of aliphatic hydroxyl groups excluding tert-OH is 1. The highest BCUT2D eigenvalue weighted by Gasteiger charge is 2.39. The fourth-order valence-electron chi connectivity index (χ4n) is 2.37. The molecule has 0 aliphatic rings. The Balaban J connectivity index is 2.78. The second-order valence-corrected chi connectivity index (χ2v) is 5.05. The number of alkyl halides is 6. The number of halogens is 6. The summed E-state index contributed by atoms with van der Waals surface area (Å²) < 4.78 is 81.1. The zero-order chi connectivity index (χ0) is 19.7. The summed E-state index contributed by atoms with van der Waals surface area (Å²) in [6.45, 7) is 0. The second kappa shape index (κ2) is 6.87. The lowest BCUT2D eigenvalue weighted by molar-refractivity contribution is -0.274. The fraction of sp³-hybridized carbons (Fsp3) is 0.188. The van der Waals surface area contributed by atoms with Crippen LogP contribution >= 0.6 is 0 Å². The minimum absolute atomic E-state index is 0.453. The number of carbonyl (C=O) groups is 1. The fourth-order valence-corrected chi connectivity index (χ4v) is 2.37. The Kier molecular flexibility index (Phi) is 5.17. The molecule has 0 heterocycles. The summed E-state index contributed by atoms with van der Waals surface area (Å²) in [4.78, 5) is 11.0. The molecule has 0 radical (unpaired) electrons. The molecule has 0 aliphatic heterocycles. The van der Waals surface area contributed by atoms with Crippen LogP contribution in [0.5, 0.6) is 5.75 Å². The van der Waals surface area contributed by atoms with Gasteiger partial charge in [-0.05, 0) is 17.7 Å². The summed E-state index contributed by atoms with van der Waals surface area (Å²) in [5, 5.41) is 18.7. The van der Waals surface area contributed by atoms with E-state index in [1.807, 2.05) is 0 Å². The predicted molar refractivity (Wildman–Crippen MR) is 76.2 cm³/mol. The van der Waals surface area contributed by atoms with Crippen molar-refractivity contribution in [3.05, 3.63) is 53.6 Å². The Morgan fingerprint density at radius 2 is 1.50 bits per heavy atom. The summed E-state index contributed by atoms with van der Waals surface area (Å²) in [5.41, 5.74) is -3.56. The van der Waals surface area contributed by atoms with E-state index in [0.717, 1.165) is 30.3 Å². The van der Waals surface area contributed by atoms with Gasteiger partial charge in [-0.3, -0.25) is 0 Å². The summed E-state index contributed by atoms with van der Waals surface area (Å²) in [6.07, 6.45) is -12.8. The van der Waals surface area contributed by atoms with Crippen LogP contribution in [0.15, 0.2) is 42.5 Å². The van der Waals surface area contributed by atoms with Crippen molar-refractivity contribution in [3.8, 4) is 16.9 Å². The van der Waals surface area contributed by atoms with E-state index in [1.54, 1.807) is 0 Å². The topological polar surface area (TPSA) is 66.8 Å². The Bertz CT molecular complexity index is 813. The molecule has 0 aliphatic carbocycles. The first-order valence-corrected chi connectivity index (χ1v) is 6.88. The molecule has 140 valence electrons. The van der Waals surface area contributed by atoms with Gasteiger partial charge in [-0.1, -0.05) is 30.3 Å². The number of carboxylic acids is 1. The number of hydrogen-bond donors (Lipinski definition) is 2. The molecule has 2 rings (SSSR count). The third-order valence-corrected chi connectivity index (χ3v) is 3.32. The third-order valence-electron chi connectivity index (χ3n) is 3.32. The first-order valence-electron chi connectivity index (χ1n) is 6.88. The minimum Gasteiger partial charge on any atom is -0.479 e. The predicted octanol–water partition coefficient (Wildman–Crippen LogP) is 4.39. The smallest absolute Gasteiger partial charge is 0.479 e. The lowest BCUT2D eigenvalue weighted by Gasteiger charge is -2.21. The minimum atomic E-state index is -5.12. The quantitative estimate of drug-likeness (QED) is 0.773. The van der Waals surface area contributed by atoms with Gasteiger partial charge in [-0.15, -0.1) is 13.2 Å². The third kappa shape index (κ3) is 4.26. The van der Waals surface area contributed by atoms with Crippen molar-refractivity contribution in [1.29, 1.82) is 0 Å². The first-order chi connectivity index (χ1) is 11.9. The van der Waals surface area contributed by atoms with Gasteiger partial charge in [0.05, 0.1) is 5.56 Å². The van der Waals surface area contributed by atoms with Gasteiger partial charge in [0.25, 0.3) is 0 Å². The van der Waals surface area contributed by atoms with Crippen LogP contribution in [-0.4, -0.2) is 22.5 Å². The Morgan fingerprint density at radius 1 is 0.923 bits per heavy atom. The number of hydrogen-bond acceptors (Lipinski definition) is 3. The molecule has 0 spiro atoms. The number of carboxylic acid groups (broad SMARTS) is 1. The highest BCUT2D eigenvalue weighted by atomic mass is 19.4. The van der Waals surface area contributed by atoms with Gasteiger partial charge in [0.1, 0.15) is 5.75 Å². The highest BCUT2D eigenvalue weighted by molar-refractivity contribution is 5.82. The van der Waals surface area contributed by atoms with Crippen LogP contribution in [0.4, 0.5) is 26.3 Å². The number of aliphatic hydroxyl groups is 1. The summed E-state index contributed by atoms with van der Waals surface area (Å²) in [7, 11) is 0. The van der Waals surface area contributed by atoms with Crippen LogP contribution in [0, 0.1) is 0 Å². The number of rotatable bonds is 4. The maximum atomic E-state index is 13.2. The normalized spacial score (nSPS) is 13.3. The van der Waals surface area contributed by atoms with Crippen molar-refractivity contribution in [1.82, 2.24) is 0 Å². The van der Waals surface area contributed by atoms with E-state index in [0.29, 0.717) is 6.07 Å². The molecule has 0 saturated carbocycles. The molecule has 0 bridgehead atoms. The molecule has 1 unspecified atom stereocenters. The van der Waals surface area contributed by atoms with Gasteiger partial charge in [0.15, 0.2) is 6.10 Å². The van der Waals surface area contributed by atoms with E-state index in [4.69, 9.17) is 5.11 Å². The SMILES string of the molecule is O=C(O)C(O)c1c(-c2ccccc2OC(F)(F)F)cccc1C(F)(F)F. The molecule has 4 nitrogen and oxygen atoms in total. The van der Waals surface area contributed by atoms with Crippen molar-refractivity contribution >= 4 is 5.97 Å². The van der Waals surface area contributed by atoms with E-state index < -0.39 is 52.6 Å². The molecule has 0 aromatic heterocycles. The van der Waals surface area contributed by atoms with E-state index >= 15 is 0 Å². The molecule has 2 N–H and O–H groups in total. The maximum Gasteiger partial charge on any atom is 0.573 e. The Morgan fingerprint density at radius 3 is 2.04 bits per heavy atom. The molecule has 0 amide bonds. The molecule has 10 heteroatoms. The van der Waals surface area contributed by atoms with Gasteiger partial charge in [-0.2, -0.15) is 13.2 Å². The largest absolute Gasteiger partial charge is 0.573 e. The highest BCUT2D eigenvalue weighted by Crippen LogP contribution is 2.43. The van der Waals surface area contributed by atoms with Gasteiger partial charge in [0, 0.05) is 11.1 Å². The molecule has 2 aromatic rings. The molecular weight excluding hydrogens is 370 g/mol. The lowest BCUT2D eigenvalue weighted by atomic mass is 9.91. The van der Waals surface area contributed by atoms with Crippen LogP contribution in [0.3, 0.4) is 0 Å². The van der Waals surface area contributed by atoms with E-state index in [1.165, 1.54) is 6.07 Å². The van der Waals surface area contributed by atoms with E-state index in [-0.39, 0.29) is 0 Å². The number of ether oxygens (including phenoxy) is 1. The molecule has 0 saturated heterocycles. The monoisotopic (exact) mass is 380 g/mol. The molecule has 0 fully saturated rings. The molecular formula is C16H10F6O4. The number of aliphatic carboxylic acids is 1. The van der Waals surface area contributed by atoms with Gasteiger partial charge in [0.2, 0.25) is 0 Å². The van der Waals surface area contributed by atoms with Crippen molar-refractivity contribution in [2.24, 2.45) is 0 Å². The van der Waals surface area contributed by atoms with Crippen LogP contribution in [0.2, 0.25) is 0 Å². The van der Waals surface area contributed by atoms with E-state index in [9.17, 15) is 36.2 Å². The van der Waals surface area contributed by atoms with Crippen LogP contribution in [-0.2, 0) is 11.0 Å². The van der Waals surface area contributed by atoms with Crippen molar-refractivity contribution < 1.29 is 46.1 Å². The molecule has 26 heavy (non-hydrogen) atoms. The standard InChI is InChI=1S/C16H10F6O4/c17-15(18,19)10-6-3-5-9(12(10)13(23)14(24)25)8-4-1-2-7-11(8)26-16(20,21)22/h1-7,13,23H,(H,24,25). The van der Waals surface area contributed by atoms with Crippen molar-refractivity contribution in [2.75, 3.05) is 0 Å². The Hall–Kier alpha value is -2.75. The lowest BCUT2D eigenvalue weighted by Crippen LogP contribution is -2.20. The zero-order valence-electron chi connectivity index (χ0n) is 12.6. The van der Waals surface area contributed by atoms with Crippen LogP contribution < -0.4 is 4.74 Å².